The zero-order chi connectivity index (χ0) is 16.7. The Morgan fingerprint density at radius 3 is 2.46 bits per heavy atom. The summed E-state index contributed by atoms with van der Waals surface area (Å²) in [6.07, 6.45) is 3.91. The number of rotatable bonds is 2. The fraction of sp³-hybridized carbons (Fsp3) is 0.333. The molecule has 0 N–H and O–H groups in total. The normalized spacial score (nSPS) is 16.0. The van der Waals surface area contributed by atoms with Crippen molar-refractivity contribution in [3.05, 3.63) is 47.9 Å². The second-order valence-corrected chi connectivity index (χ2v) is 7.38. The lowest BCUT2D eigenvalue weighted by atomic mass is 10.1. The van der Waals surface area contributed by atoms with Crippen molar-refractivity contribution in [1.29, 1.82) is 0 Å². The molecule has 1 aliphatic heterocycles. The molecule has 0 bridgehead atoms. The Bertz CT molecular complexity index is 841. The van der Waals surface area contributed by atoms with Gasteiger partial charge in [-0.1, -0.05) is 41.2 Å². The van der Waals surface area contributed by atoms with Crippen LogP contribution in [0.3, 0.4) is 0 Å². The highest BCUT2D eigenvalue weighted by Gasteiger charge is 2.23. The maximum atomic E-state index is 12.6. The molecule has 5 nitrogen and oxygen atoms in total. The van der Waals surface area contributed by atoms with Gasteiger partial charge in [0.25, 0.3) is 5.91 Å². The third-order valence-electron chi connectivity index (χ3n) is 4.50. The number of fused-ring (bicyclic) bond motifs is 1. The summed E-state index contributed by atoms with van der Waals surface area (Å²) < 4.78 is 1.96. The van der Waals surface area contributed by atoms with Gasteiger partial charge in [-0.05, 0) is 19.5 Å². The van der Waals surface area contributed by atoms with Gasteiger partial charge >= 0.3 is 0 Å². The van der Waals surface area contributed by atoms with Crippen LogP contribution in [0.15, 0.2) is 36.7 Å². The summed E-state index contributed by atoms with van der Waals surface area (Å²) in [6, 6.07) is 8.47. The van der Waals surface area contributed by atoms with E-state index in [9.17, 15) is 4.79 Å². The van der Waals surface area contributed by atoms with Gasteiger partial charge in [-0.25, -0.2) is 4.98 Å². The van der Waals surface area contributed by atoms with Crippen LogP contribution in [0.1, 0.15) is 16.1 Å². The minimum absolute atomic E-state index is 0.0379. The lowest BCUT2D eigenvalue weighted by molar-refractivity contribution is 0.0659. The zero-order valence-corrected chi connectivity index (χ0v) is 14.7. The monoisotopic (exact) mass is 340 g/mol. The largest absolute Gasteiger partial charge is 0.335 e. The lowest BCUT2D eigenvalue weighted by Gasteiger charge is -2.31. The summed E-state index contributed by atoms with van der Waals surface area (Å²) in [7, 11) is 2.08. The second kappa shape index (κ2) is 6.03. The maximum Gasteiger partial charge on any atom is 0.274 e. The van der Waals surface area contributed by atoms with E-state index >= 15 is 0 Å². The van der Waals surface area contributed by atoms with Crippen molar-refractivity contribution >= 4 is 22.2 Å². The van der Waals surface area contributed by atoms with Crippen molar-refractivity contribution in [2.24, 2.45) is 0 Å². The van der Waals surface area contributed by atoms with E-state index in [1.54, 1.807) is 11.3 Å². The summed E-state index contributed by atoms with van der Waals surface area (Å²) in [4.78, 5) is 23.3. The Balaban J connectivity index is 1.57. The molecule has 0 saturated carbocycles. The molecule has 1 saturated heterocycles. The van der Waals surface area contributed by atoms with Gasteiger partial charge in [0.1, 0.15) is 5.69 Å². The van der Waals surface area contributed by atoms with E-state index in [1.165, 1.54) is 11.1 Å². The van der Waals surface area contributed by atoms with Gasteiger partial charge in [0.15, 0.2) is 4.96 Å². The van der Waals surface area contributed by atoms with Crippen molar-refractivity contribution in [3.8, 4) is 10.4 Å². The van der Waals surface area contributed by atoms with Crippen LogP contribution in [0.2, 0.25) is 0 Å². The number of piperazine rings is 1. The van der Waals surface area contributed by atoms with E-state index in [0.29, 0.717) is 5.69 Å². The number of nitrogens with zero attached hydrogens (tertiary/aromatic N) is 4. The molecule has 0 atom stereocenters. The Hall–Kier alpha value is -2.18. The lowest BCUT2D eigenvalue weighted by Crippen LogP contribution is -2.47. The van der Waals surface area contributed by atoms with Crippen molar-refractivity contribution in [2.75, 3.05) is 33.2 Å². The number of carbonyl (C=O) groups is 1. The third kappa shape index (κ3) is 2.83. The molecule has 1 aromatic carbocycles. The summed E-state index contributed by atoms with van der Waals surface area (Å²) in [5.74, 6) is 0.0379. The van der Waals surface area contributed by atoms with E-state index in [1.807, 2.05) is 15.5 Å². The standard InChI is InChI=1S/C18H20N4OS/c1-13-3-5-14(6-4-13)16-12-22-11-15(19-18(22)24-16)17(23)21-9-7-20(2)8-10-21/h3-6,11-12H,7-10H2,1-2H3. The first-order valence-electron chi connectivity index (χ1n) is 8.13. The maximum absolute atomic E-state index is 12.6. The summed E-state index contributed by atoms with van der Waals surface area (Å²) in [5, 5.41) is 0. The molecule has 0 aliphatic carbocycles. The average Bonchev–Trinajstić information content (AvgIpc) is 3.14. The minimum Gasteiger partial charge on any atom is -0.335 e. The van der Waals surface area contributed by atoms with E-state index in [-0.39, 0.29) is 5.91 Å². The van der Waals surface area contributed by atoms with Crippen LogP contribution in [0.5, 0.6) is 0 Å². The highest BCUT2D eigenvalue weighted by molar-refractivity contribution is 7.20. The molecule has 124 valence electrons. The highest BCUT2D eigenvalue weighted by atomic mass is 32.1. The molecule has 0 unspecified atom stereocenters. The summed E-state index contributed by atoms with van der Waals surface area (Å²) in [6.45, 7) is 5.47. The molecular weight excluding hydrogens is 320 g/mol. The predicted molar refractivity (Wildman–Crippen MR) is 96.6 cm³/mol. The summed E-state index contributed by atoms with van der Waals surface area (Å²) >= 11 is 1.61. The number of hydrogen-bond donors (Lipinski definition) is 0. The van der Waals surface area contributed by atoms with Crippen LogP contribution in [0.4, 0.5) is 0 Å². The van der Waals surface area contributed by atoms with Gasteiger partial charge in [0.2, 0.25) is 0 Å². The van der Waals surface area contributed by atoms with Crippen LogP contribution in [0, 0.1) is 6.92 Å². The Morgan fingerprint density at radius 1 is 1.08 bits per heavy atom. The van der Waals surface area contributed by atoms with Crippen LogP contribution >= 0.6 is 11.3 Å². The Labute approximate surface area is 145 Å². The van der Waals surface area contributed by atoms with Crippen molar-refractivity contribution in [1.82, 2.24) is 19.2 Å². The number of amides is 1. The van der Waals surface area contributed by atoms with Gasteiger partial charge in [-0.2, -0.15) is 0 Å². The van der Waals surface area contributed by atoms with Crippen LogP contribution < -0.4 is 0 Å². The molecule has 0 spiro atoms. The number of imidazole rings is 1. The van der Waals surface area contributed by atoms with Crippen LogP contribution in [0.25, 0.3) is 15.4 Å². The smallest absolute Gasteiger partial charge is 0.274 e. The van der Waals surface area contributed by atoms with Gasteiger partial charge in [-0.15, -0.1) is 0 Å². The van der Waals surface area contributed by atoms with Crippen molar-refractivity contribution in [3.63, 3.8) is 0 Å². The number of likely N-dealkylation sites (N-methyl/N-ethyl adjacent to an activating group) is 1. The molecule has 2 aromatic heterocycles. The van der Waals surface area contributed by atoms with Gasteiger partial charge in [0, 0.05) is 38.6 Å². The molecule has 4 rings (SSSR count). The van der Waals surface area contributed by atoms with Gasteiger partial charge in [-0.3, -0.25) is 9.20 Å². The Morgan fingerprint density at radius 2 is 1.79 bits per heavy atom. The molecule has 0 radical (unpaired) electrons. The van der Waals surface area contributed by atoms with Crippen LogP contribution in [-0.2, 0) is 0 Å². The number of thiazole rings is 1. The van der Waals surface area contributed by atoms with Crippen LogP contribution in [-0.4, -0.2) is 58.3 Å². The van der Waals surface area contributed by atoms with Gasteiger partial charge in [0.05, 0.1) is 4.88 Å². The first-order chi connectivity index (χ1) is 11.6. The van der Waals surface area contributed by atoms with E-state index < -0.39 is 0 Å². The molecule has 3 heterocycles. The molecule has 1 aliphatic rings. The number of aromatic nitrogens is 2. The predicted octanol–water partition coefficient (Wildman–Crippen LogP) is 2.76. The number of benzene rings is 1. The molecule has 1 amide bonds. The topological polar surface area (TPSA) is 40.9 Å². The molecule has 6 heteroatoms. The molecule has 3 aromatic rings. The molecular formula is C18H20N4OS. The minimum atomic E-state index is 0.0379. The third-order valence-corrected chi connectivity index (χ3v) is 5.55. The van der Waals surface area contributed by atoms with Gasteiger partial charge < -0.3 is 9.80 Å². The van der Waals surface area contributed by atoms with Crippen molar-refractivity contribution in [2.45, 2.75) is 6.92 Å². The first kappa shape index (κ1) is 15.4. The zero-order valence-electron chi connectivity index (χ0n) is 13.9. The van der Waals surface area contributed by atoms with E-state index in [0.717, 1.165) is 36.0 Å². The molecule has 24 heavy (non-hydrogen) atoms. The fourth-order valence-electron chi connectivity index (χ4n) is 2.92. The quantitative estimate of drug-likeness (QED) is 0.720. The number of aryl methyl sites for hydroxylation is 1. The number of carbonyl (C=O) groups excluding carboxylic acids is 1. The highest BCUT2D eigenvalue weighted by Crippen LogP contribution is 2.29. The summed E-state index contributed by atoms with van der Waals surface area (Å²) in [5.41, 5.74) is 2.98. The average molecular weight is 340 g/mol. The SMILES string of the molecule is Cc1ccc(-c2cn3cc(C(=O)N4CCN(C)CC4)nc3s2)cc1. The first-order valence-corrected chi connectivity index (χ1v) is 8.95. The Kier molecular flexibility index (Phi) is 3.86. The second-order valence-electron chi connectivity index (χ2n) is 6.37. The fourth-order valence-corrected chi connectivity index (χ4v) is 3.89. The molecule has 1 fully saturated rings. The van der Waals surface area contributed by atoms with E-state index in [2.05, 4.69) is 54.3 Å². The van der Waals surface area contributed by atoms with Crippen molar-refractivity contribution < 1.29 is 4.79 Å². The van der Waals surface area contributed by atoms with E-state index in [4.69, 9.17) is 0 Å². The number of hydrogen-bond acceptors (Lipinski definition) is 4.